The lowest BCUT2D eigenvalue weighted by Crippen LogP contribution is -2.26. The Bertz CT molecular complexity index is 599. The number of hydrogen-bond acceptors (Lipinski definition) is 7. The number of nitrogens with one attached hydrogen (secondary N) is 2. The van der Waals surface area contributed by atoms with Gasteiger partial charge in [0.05, 0.1) is 12.9 Å². The minimum absolute atomic E-state index is 0.241. The molecular formula is C13H21N7O. The van der Waals surface area contributed by atoms with Gasteiger partial charge in [0.15, 0.2) is 11.5 Å². The highest BCUT2D eigenvalue weighted by molar-refractivity contribution is 5.83. The van der Waals surface area contributed by atoms with E-state index in [-0.39, 0.29) is 5.95 Å². The third-order valence-corrected chi connectivity index (χ3v) is 3.84. The summed E-state index contributed by atoms with van der Waals surface area (Å²) in [7, 11) is 1.74. The molecule has 1 saturated heterocycles. The van der Waals surface area contributed by atoms with Crippen LogP contribution in [0.2, 0.25) is 0 Å². The van der Waals surface area contributed by atoms with Gasteiger partial charge < -0.3 is 25.7 Å². The molecule has 1 aliphatic heterocycles. The Hall–Kier alpha value is -1.93. The Morgan fingerprint density at radius 1 is 1.52 bits per heavy atom. The van der Waals surface area contributed by atoms with Crippen molar-refractivity contribution in [3.05, 3.63) is 6.33 Å². The maximum Gasteiger partial charge on any atom is 0.224 e. The fraction of sp³-hybridized carbons (Fsp3) is 0.615. The van der Waals surface area contributed by atoms with Crippen LogP contribution in [0.3, 0.4) is 0 Å². The number of imidazole rings is 1. The molecular weight excluding hydrogens is 270 g/mol. The summed E-state index contributed by atoms with van der Waals surface area (Å²) in [5, 5.41) is 3.37. The van der Waals surface area contributed by atoms with Gasteiger partial charge in [-0.2, -0.15) is 9.97 Å². The van der Waals surface area contributed by atoms with Gasteiger partial charge in [-0.05, 0) is 18.9 Å². The zero-order chi connectivity index (χ0) is 14.7. The molecule has 0 bridgehead atoms. The van der Waals surface area contributed by atoms with Crippen LogP contribution >= 0.6 is 0 Å². The number of nitrogens with zero attached hydrogens (tertiary/aromatic N) is 4. The van der Waals surface area contributed by atoms with Crippen LogP contribution in [0.15, 0.2) is 6.33 Å². The number of likely N-dealkylation sites (tertiary alicyclic amines) is 1. The zero-order valence-electron chi connectivity index (χ0n) is 12.2. The molecule has 2 aromatic heterocycles. The number of aromatic amines is 1. The van der Waals surface area contributed by atoms with Gasteiger partial charge in [0.1, 0.15) is 5.52 Å². The van der Waals surface area contributed by atoms with Crippen molar-refractivity contribution in [3.63, 3.8) is 0 Å². The summed E-state index contributed by atoms with van der Waals surface area (Å²) >= 11 is 0. The fourth-order valence-electron chi connectivity index (χ4n) is 2.72. The van der Waals surface area contributed by atoms with Crippen molar-refractivity contribution in [2.24, 2.45) is 5.92 Å². The van der Waals surface area contributed by atoms with Gasteiger partial charge in [0.25, 0.3) is 0 Å². The van der Waals surface area contributed by atoms with Crippen LogP contribution in [0.1, 0.15) is 6.42 Å². The summed E-state index contributed by atoms with van der Waals surface area (Å²) < 4.78 is 5.12. The molecule has 2 aromatic rings. The first-order valence-corrected chi connectivity index (χ1v) is 7.18. The first-order valence-electron chi connectivity index (χ1n) is 7.18. The highest BCUT2D eigenvalue weighted by Gasteiger charge is 2.22. The van der Waals surface area contributed by atoms with Crippen molar-refractivity contribution in [2.45, 2.75) is 6.42 Å². The molecule has 21 heavy (non-hydrogen) atoms. The van der Waals surface area contributed by atoms with E-state index in [1.807, 2.05) is 0 Å². The van der Waals surface area contributed by atoms with Gasteiger partial charge in [-0.25, -0.2) is 4.98 Å². The Kier molecular flexibility index (Phi) is 4.16. The Morgan fingerprint density at radius 3 is 3.29 bits per heavy atom. The van der Waals surface area contributed by atoms with Gasteiger partial charge in [-0.1, -0.05) is 0 Å². The van der Waals surface area contributed by atoms with Crippen molar-refractivity contribution >= 4 is 22.9 Å². The summed E-state index contributed by atoms with van der Waals surface area (Å²) in [6, 6.07) is 0. The zero-order valence-corrected chi connectivity index (χ0v) is 12.2. The first kappa shape index (κ1) is 14.0. The third-order valence-electron chi connectivity index (χ3n) is 3.84. The predicted octanol–water partition coefficient (Wildman–Crippen LogP) is 0.315. The highest BCUT2D eigenvalue weighted by atomic mass is 16.5. The minimum Gasteiger partial charge on any atom is -0.383 e. The van der Waals surface area contributed by atoms with Crippen LogP contribution in [0, 0.1) is 5.92 Å². The molecule has 0 saturated carbocycles. The Labute approximate surface area is 123 Å². The fourth-order valence-corrected chi connectivity index (χ4v) is 2.72. The van der Waals surface area contributed by atoms with Crippen molar-refractivity contribution in [3.8, 4) is 0 Å². The topological polar surface area (TPSA) is 105 Å². The molecule has 1 atom stereocenters. The second-order valence-corrected chi connectivity index (χ2v) is 5.36. The van der Waals surface area contributed by atoms with Crippen molar-refractivity contribution in [2.75, 3.05) is 50.9 Å². The molecule has 8 nitrogen and oxygen atoms in total. The average Bonchev–Trinajstić information content (AvgIpc) is 3.11. The van der Waals surface area contributed by atoms with E-state index in [4.69, 9.17) is 10.5 Å². The van der Waals surface area contributed by atoms with E-state index < -0.39 is 0 Å². The average molecular weight is 291 g/mol. The number of hydrogen-bond donors (Lipinski definition) is 3. The van der Waals surface area contributed by atoms with Crippen LogP contribution in [-0.4, -0.2) is 64.7 Å². The third kappa shape index (κ3) is 3.22. The first-order chi connectivity index (χ1) is 10.3. The number of ether oxygens (including phenoxy) is 1. The number of fused-ring (bicyclic) bond motifs is 1. The van der Waals surface area contributed by atoms with Crippen molar-refractivity contribution in [1.82, 2.24) is 24.8 Å². The summed E-state index contributed by atoms with van der Waals surface area (Å²) in [6.45, 7) is 4.87. The van der Waals surface area contributed by atoms with E-state index in [2.05, 4.69) is 30.2 Å². The number of anilines is 2. The maximum atomic E-state index is 5.71. The lowest BCUT2D eigenvalue weighted by atomic mass is 10.1. The number of aromatic nitrogens is 4. The maximum absolute atomic E-state index is 5.71. The Morgan fingerprint density at radius 2 is 2.43 bits per heavy atom. The van der Waals surface area contributed by atoms with Gasteiger partial charge in [-0.15, -0.1) is 0 Å². The molecule has 0 spiro atoms. The van der Waals surface area contributed by atoms with Crippen LogP contribution in [0.25, 0.3) is 11.2 Å². The van der Waals surface area contributed by atoms with E-state index in [0.717, 1.165) is 44.1 Å². The van der Waals surface area contributed by atoms with Gasteiger partial charge in [0, 0.05) is 26.7 Å². The number of rotatable bonds is 6. The minimum atomic E-state index is 0.241. The van der Waals surface area contributed by atoms with E-state index in [9.17, 15) is 0 Å². The lowest BCUT2D eigenvalue weighted by molar-refractivity contribution is 0.159. The van der Waals surface area contributed by atoms with E-state index >= 15 is 0 Å². The number of nitrogen functional groups attached to an aromatic ring is 1. The molecule has 1 unspecified atom stereocenters. The summed E-state index contributed by atoms with van der Waals surface area (Å²) in [5.41, 5.74) is 7.11. The SMILES string of the molecule is COCCN1CCC(CNc2nc(N)nc3nc[nH]c23)C1. The molecule has 0 amide bonds. The van der Waals surface area contributed by atoms with E-state index in [1.54, 1.807) is 13.4 Å². The standard InChI is InChI=1S/C13H21N7O/c1-21-5-4-20-3-2-9(7-20)6-15-11-10-12(17-8-16-10)19-13(14)18-11/h8-9H,2-7H2,1H3,(H4,14,15,16,17,18,19). The molecule has 8 heteroatoms. The van der Waals surface area contributed by atoms with Gasteiger partial charge in [0.2, 0.25) is 5.95 Å². The van der Waals surface area contributed by atoms with Crippen molar-refractivity contribution in [1.29, 1.82) is 0 Å². The van der Waals surface area contributed by atoms with Crippen LogP contribution in [0.5, 0.6) is 0 Å². The lowest BCUT2D eigenvalue weighted by Gasteiger charge is -2.16. The predicted molar refractivity (Wildman–Crippen MR) is 81.0 cm³/mol. The molecule has 0 radical (unpaired) electrons. The molecule has 4 N–H and O–H groups in total. The molecule has 3 heterocycles. The van der Waals surface area contributed by atoms with Crippen LogP contribution < -0.4 is 11.1 Å². The normalized spacial score (nSPS) is 19.4. The van der Waals surface area contributed by atoms with Crippen LogP contribution in [0.4, 0.5) is 11.8 Å². The summed E-state index contributed by atoms with van der Waals surface area (Å²) in [6.07, 6.45) is 2.79. The molecule has 0 aromatic carbocycles. The van der Waals surface area contributed by atoms with Crippen LogP contribution in [-0.2, 0) is 4.74 Å². The highest BCUT2D eigenvalue weighted by Crippen LogP contribution is 2.20. The molecule has 114 valence electrons. The monoisotopic (exact) mass is 291 g/mol. The summed E-state index contributed by atoms with van der Waals surface area (Å²) in [5.74, 6) is 1.58. The van der Waals surface area contributed by atoms with Gasteiger partial charge >= 0.3 is 0 Å². The van der Waals surface area contributed by atoms with E-state index in [0.29, 0.717) is 11.6 Å². The number of methoxy groups -OCH3 is 1. The molecule has 0 aliphatic carbocycles. The number of H-pyrrole nitrogens is 1. The largest absolute Gasteiger partial charge is 0.383 e. The quantitative estimate of drug-likeness (QED) is 0.703. The van der Waals surface area contributed by atoms with Gasteiger partial charge in [-0.3, -0.25) is 0 Å². The molecule has 1 fully saturated rings. The van der Waals surface area contributed by atoms with Crippen molar-refractivity contribution < 1.29 is 4.74 Å². The smallest absolute Gasteiger partial charge is 0.224 e. The Balaban J connectivity index is 1.58. The molecule has 1 aliphatic rings. The van der Waals surface area contributed by atoms with E-state index in [1.165, 1.54) is 6.42 Å². The number of nitrogens with two attached hydrogens (primary N) is 1. The second kappa shape index (κ2) is 6.23. The molecule has 3 rings (SSSR count). The summed E-state index contributed by atoms with van der Waals surface area (Å²) in [4.78, 5) is 17.9. The second-order valence-electron chi connectivity index (χ2n) is 5.36.